The second-order valence-corrected chi connectivity index (χ2v) is 8.69. The zero-order chi connectivity index (χ0) is 22.6. The molecule has 0 aliphatic carbocycles. The van der Waals surface area contributed by atoms with Crippen LogP contribution in [0.25, 0.3) is 33.2 Å². The lowest BCUT2D eigenvalue weighted by Gasteiger charge is -2.29. The second-order valence-electron chi connectivity index (χ2n) is 8.69. The minimum Gasteiger partial charge on any atom is -0.497 e. The summed E-state index contributed by atoms with van der Waals surface area (Å²) in [7, 11) is 1.69. The summed E-state index contributed by atoms with van der Waals surface area (Å²) in [5.41, 5.74) is 5.72. The van der Waals surface area contributed by atoms with E-state index >= 15 is 0 Å². The molecule has 2 aromatic carbocycles. The Morgan fingerprint density at radius 1 is 0.970 bits per heavy atom. The summed E-state index contributed by atoms with van der Waals surface area (Å²) in [5.74, 6) is 1.07. The largest absolute Gasteiger partial charge is 0.497 e. The van der Waals surface area contributed by atoms with Gasteiger partial charge in [-0.25, -0.2) is 0 Å². The third-order valence-electron chi connectivity index (χ3n) is 6.67. The number of ether oxygens (including phenoxy) is 1. The minimum atomic E-state index is 0.227. The third-order valence-corrected chi connectivity index (χ3v) is 6.67. The predicted octanol–water partition coefficient (Wildman–Crippen LogP) is 5.61. The van der Waals surface area contributed by atoms with E-state index in [0.717, 1.165) is 61.5 Å². The molecule has 1 fully saturated rings. The van der Waals surface area contributed by atoms with Crippen LogP contribution in [0.4, 0.5) is 0 Å². The van der Waals surface area contributed by atoms with Crippen molar-refractivity contribution < 1.29 is 4.74 Å². The van der Waals surface area contributed by atoms with Crippen LogP contribution < -0.4 is 4.74 Å². The van der Waals surface area contributed by atoms with Crippen molar-refractivity contribution >= 4 is 10.9 Å². The van der Waals surface area contributed by atoms with E-state index < -0.39 is 0 Å². The number of likely N-dealkylation sites (tertiary alicyclic amines) is 1. The van der Waals surface area contributed by atoms with Crippen LogP contribution in [0.3, 0.4) is 0 Å². The number of pyridine rings is 1. The summed E-state index contributed by atoms with van der Waals surface area (Å²) in [6, 6.07) is 21.3. The monoisotopic (exact) mass is 436 g/mol. The maximum absolute atomic E-state index is 9.15. The van der Waals surface area contributed by atoms with Gasteiger partial charge in [-0.1, -0.05) is 30.3 Å². The SMILES string of the molecule is COc1cccc(-c2cncc(-c3cn(CCN4CCC(C#N)CC4)c4ccccc34)c2)c1. The number of fused-ring (bicyclic) bond motifs is 1. The van der Waals surface area contributed by atoms with Crippen LogP contribution in [0, 0.1) is 17.2 Å². The Labute approximate surface area is 194 Å². The Kier molecular flexibility index (Phi) is 6.10. The van der Waals surface area contributed by atoms with Gasteiger partial charge in [-0.2, -0.15) is 5.26 Å². The van der Waals surface area contributed by atoms with Gasteiger partial charge in [-0.05, 0) is 55.8 Å². The van der Waals surface area contributed by atoms with Gasteiger partial charge in [-0.15, -0.1) is 0 Å². The molecule has 5 nitrogen and oxygen atoms in total. The van der Waals surface area contributed by atoms with Crippen molar-refractivity contribution in [3.63, 3.8) is 0 Å². The summed E-state index contributed by atoms with van der Waals surface area (Å²) in [4.78, 5) is 7.04. The van der Waals surface area contributed by atoms with Gasteiger partial charge in [0.15, 0.2) is 0 Å². The van der Waals surface area contributed by atoms with Gasteiger partial charge in [0.25, 0.3) is 0 Å². The van der Waals surface area contributed by atoms with Gasteiger partial charge < -0.3 is 14.2 Å². The third kappa shape index (κ3) is 4.48. The smallest absolute Gasteiger partial charge is 0.119 e. The molecular weight excluding hydrogens is 408 g/mol. The van der Waals surface area contributed by atoms with Crippen LogP contribution in [0.2, 0.25) is 0 Å². The van der Waals surface area contributed by atoms with Crippen molar-refractivity contribution in [2.24, 2.45) is 5.92 Å². The number of nitriles is 1. The fourth-order valence-electron chi connectivity index (χ4n) is 4.74. The van der Waals surface area contributed by atoms with Gasteiger partial charge >= 0.3 is 0 Å². The molecular formula is C28H28N4O. The molecule has 0 saturated carbocycles. The van der Waals surface area contributed by atoms with E-state index in [1.807, 2.05) is 30.6 Å². The number of benzene rings is 2. The molecule has 5 heteroatoms. The number of rotatable bonds is 6. The molecule has 3 heterocycles. The van der Waals surface area contributed by atoms with E-state index in [2.05, 4.69) is 63.1 Å². The van der Waals surface area contributed by atoms with Crippen LogP contribution in [0.1, 0.15) is 12.8 Å². The number of aromatic nitrogens is 2. The molecule has 166 valence electrons. The Balaban J connectivity index is 1.43. The summed E-state index contributed by atoms with van der Waals surface area (Å²) in [6.45, 7) is 3.95. The van der Waals surface area contributed by atoms with E-state index in [9.17, 15) is 0 Å². The van der Waals surface area contributed by atoms with Crippen LogP contribution in [0.5, 0.6) is 5.75 Å². The first-order valence-corrected chi connectivity index (χ1v) is 11.5. The molecule has 0 atom stereocenters. The molecule has 5 rings (SSSR count). The number of hydrogen-bond donors (Lipinski definition) is 0. The number of piperidine rings is 1. The first kappa shape index (κ1) is 21.2. The lowest BCUT2D eigenvalue weighted by Crippen LogP contribution is -2.35. The molecule has 0 N–H and O–H groups in total. The molecule has 2 aromatic heterocycles. The Bertz CT molecular complexity index is 1290. The molecule has 0 amide bonds. The molecule has 4 aromatic rings. The maximum Gasteiger partial charge on any atom is 0.119 e. The van der Waals surface area contributed by atoms with E-state index in [1.165, 1.54) is 16.5 Å². The topological polar surface area (TPSA) is 54.1 Å². The predicted molar refractivity (Wildman–Crippen MR) is 132 cm³/mol. The zero-order valence-corrected chi connectivity index (χ0v) is 18.9. The van der Waals surface area contributed by atoms with Gasteiger partial charge in [0.1, 0.15) is 5.75 Å². The van der Waals surface area contributed by atoms with Crippen molar-refractivity contribution in [1.29, 1.82) is 5.26 Å². The minimum absolute atomic E-state index is 0.227. The van der Waals surface area contributed by atoms with Crippen molar-refractivity contribution in [3.8, 4) is 34.1 Å². The number of para-hydroxylation sites is 1. The molecule has 0 bridgehead atoms. The van der Waals surface area contributed by atoms with Crippen molar-refractivity contribution in [3.05, 3.63) is 73.2 Å². The number of nitrogens with zero attached hydrogens (tertiary/aromatic N) is 4. The average Bonchev–Trinajstić information content (AvgIpc) is 3.26. The second kappa shape index (κ2) is 9.48. The van der Waals surface area contributed by atoms with Crippen molar-refractivity contribution in [1.82, 2.24) is 14.5 Å². The van der Waals surface area contributed by atoms with Gasteiger partial charge in [0.2, 0.25) is 0 Å². The average molecular weight is 437 g/mol. The molecule has 33 heavy (non-hydrogen) atoms. The highest BCUT2D eigenvalue weighted by Crippen LogP contribution is 2.33. The standard InChI is InChI=1S/C28H28N4O/c1-33-25-6-4-5-22(16-25)23-15-24(19-30-18-23)27-20-32(28-8-3-2-7-26(27)28)14-13-31-11-9-21(17-29)10-12-31/h2-8,15-16,18-21H,9-14H2,1H3. The zero-order valence-electron chi connectivity index (χ0n) is 18.9. The normalized spacial score (nSPS) is 14.9. The van der Waals surface area contributed by atoms with Gasteiger partial charge in [0.05, 0.1) is 13.2 Å². The lowest BCUT2D eigenvalue weighted by atomic mass is 9.99. The summed E-state index contributed by atoms with van der Waals surface area (Å²) in [6.07, 6.45) is 8.08. The fraction of sp³-hybridized carbons (Fsp3) is 0.286. The van der Waals surface area contributed by atoms with Crippen LogP contribution in [-0.2, 0) is 6.54 Å². The number of methoxy groups -OCH3 is 1. The first-order chi connectivity index (χ1) is 16.2. The van der Waals surface area contributed by atoms with Crippen LogP contribution in [0.15, 0.2) is 73.2 Å². The van der Waals surface area contributed by atoms with E-state index in [-0.39, 0.29) is 5.92 Å². The first-order valence-electron chi connectivity index (χ1n) is 11.5. The Hall–Kier alpha value is -3.62. The van der Waals surface area contributed by atoms with Gasteiger partial charge in [-0.3, -0.25) is 4.98 Å². The maximum atomic E-state index is 9.15. The van der Waals surface area contributed by atoms with E-state index in [0.29, 0.717) is 0 Å². The number of hydrogen-bond acceptors (Lipinski definition) is 4. The molecule has 0 spiro atoms. The highest BCUT2D eigenvalue weighted by molar-refractivity contribution is 5.96. The van der Waals surface area contributed by atoms with E-state index in [1.54, 1.807) is 7.11 Å². The molecule has 1 aliphatic heterocycles. The van der Waals surface area contributed by atoms with E-state index in [4.69, 9.17) is 10.00 Å². The fourth-order valence-corrected chi connectivity index (χ4v) is 4.74. The quantitative estimate of drug-likeness (QED) is 0.394. The highest BCUT2D eigenvalue weighted by atomic mass is 16.5. The molecule has 1 saturated heterocycles. The Morgan fingerprint density at radius 2 is 1.79 bits per heavy atom. The van der Waals surface area contributed by atoms with Gasteiger partial charge in [0, 0.05) is 65.2 Å². The van der Waals surface area contributed by atoms with Crippen LogP contribution >= 0.6 is 0 Å². The molecule has 0 radical (unpaired) electrons. The Morgan fingerprint density at radius 3 is 2.61 bits per heavy atom. The molecule has 0 unspecified atom stereocenters. The van der Waals surface area contributed by atoms with Crippen LogP contribution in [-0.4, -0.2) is 41.2 Å². The summed E-state index contributed by atoms with van der Waals surface area (Å²) < 4.78 is 7.76. The molecule has 1 aliphatic rings. The summed E-state index contributed by atoms with van der Waals surface area (Å²) >= 11 is 0. The van der Waals surface area contributed by atoms with Crippen molar-refractivity contribution in [2.75, 3.05) is 26.7 Å². The highest BCUT2D eigenvalue weighted by Gasteiger charge is 2.19. The summed E-state index contributed by atoms with van der Waals surface area (Å²) in [5, 5.41) is 10.4. The lowest BCUT2D eigenvalue weighted by molar-refractivity contribution is 0.200. The van der Waals surface area contributed by atoms with Crippen molar-refractivity contribution in [2.45, 2.75) is 19.4 Å².